The van der Waals surface area contributed by atoms with Crippen LogP contribution in [0, 0.1) is 0 Å². The SMILES string of the molecule is CCOC(=O)c1ccc(NC(=O)c2ccc(=O)[nH]c2)cc1. The molecule has 1 aromatic carbocycles. The highest BCUT2D eigenvalue weighted by Crippen LogP contribution is 2.11. The first-order valence-corrected chi connectivity index (χ1v) is 6.37. The van der Waals surface area contributed by atoms with E-state index in [1.807, 2.05) is 0 Å². The molecule has 0 aliphatic carbocycles. The van der Waals surface area contributed by atoms with E-state index in [1.165, 1.54) is 18.3 Å². The summed E-state index contributed by atoms with van der Waals surface area (Å²) in [6, 6.07) is 9.06. The zero-order chi connectivity index (χ0) is 15.2. The summed E-state index contributed by atoms with van der Waals surface area (Å²) in [7, 11) is 0. The van der Waals surface area contributed by atoms with Crippen LogP contribution in [0.3, 0.4) is 0 Å². The number of hydrogen-bond acceptors (Lipinski definition) is 4. The molecule has 0 radical (unpaired) electrons. The van der Waals surface area contributed by atoms with Crippen LogP contribution in [0.4, 0.5) is 5.69 Å². The van der Waals surface area contributed by atoms with Gasteiger partial charge in [-0.2, -0.15) is 0 Å². The van der Waals surface area contributed by atoms with Gasteiger partial charge in [-0.05, 0) is 37.3 Å². The molecule has 0 bridgehead atoms. The number of anilines is 1. The first kappa shape index (κ1) is 14.5. The standard InChI is InChI=1S/C15H14N2O4/c1-2-21-15(20)10-3-6-12(7-4-10)17-14(19)11-5-8-13(18)16-9-11/h3-9H,2H2,1H3,(H,16,18)(H,17,19). The minimum atomic E-state index is -0.406. The lowest BCUT2D eigenvalue weighted by molar-refractivity contribution is 0.0526. The topological polar surface area (TPSA) is 88.3 Å². The second-order valence-electron chi connectivity index (χ2n) is 4.19. The van der Waals surface area contributed by atoms with Crippen LogP contribution >= 0.6 is 0 Å². The van der Waals surface area contributed by atoms with E-state index in [0.29, 0.717) is 23.4 Å². The van der Waals surface area contributed by atoms with Crippen LogP contribution in [0.15, 0.2) is 47.4 Å². The molecule has 2 N–H and O–H groups in total. The number of pyridine rings is 1. The summed E-state index contributed by atoms with van der Waals surface area (Å²) in [5, 5.41) is 2.66. The van der Waals surface area contributed by atoms with Crippen molar-refractivity contribution in [1.82, 2.24) is 4.98 Å². The number of carbonyl (C=O) groups excluding carboxylic acids is 2. The van der Waals surface area contributed by atoms with Crippen molar-refractivity contribution in [2.24, 2.45) is 0 Å². The lowest BCUT2D eigenvalue weighted by Gasteiger charge is -2.06. The maximum Gasteiger partial charge on any atom is 0.338 e. The second-order valence-corrected chi connectivity index (χ2v) is 4.19. The van der Waals surface area contributed by atoms with E-state index in [2.05, 4.69) is 10.3 Å². The quantitative estimate of drug-likeness (QED) is 0.839. The highest BCUT2D eigenvalue weighted by atomic mass is 16.5. The first-order chi connectivity index (χ1) is 10.1. The van der Waals surface area contributed by atoms with Crippen LogP contribution in [-0.4, -0.2) is 23.5 Å². The van der Waals surface area contributed by atoms with E-state index in [-0.39, 0.29) is 11.5 Å². The summed E-state index contributed by atoms with van der Waals surface area (Å²) < 4.78 is 4.87. The first-order valence-electron chi connectivity index (χ1n) is 6.37. The van der Waals surface area contributed by atoms with Crippen molar-refractivity contribution in [3.8, 4) is 0 Å². The Labute approximate surface area is 120 Å². The van der Waals surface area contributed by atoms with Gasteiger partial charge in [-0.1, -0.05) is 0 Å². The highest BCUT2D eigenvalue weighted by Gasteiger charge is 2.08. The summed E-state index contributed by atoms with van der Waals surface area (Å²) in [4.78, 5) is 36.8. The largest absolute Gasteiger partial charge is 0.462 e. The van der Waals surface area contributed by atoms with Crippen LogP contribution in [0.2, 0.25) is 0 Å². The third-order valence-corrected chi connectivity index (χ3v) is 2.70. The van der Waals surface area contributed by atoms with Gasteiger partial charge in [0.15, 0.2) is 0 Å². The van der Waals surface area contributed by atoms with Crippen molar-refractivity contribution < 1.29 is 14.3 Å². The lowest BCUT2D eigenvalue weighted by atomic mass is 10.2. The molecule has 0 spiro atoms. The molecule has 1 amide bonds. The molecular weight excluding hydrogens is 272 g/mol. The molecule has 0 saturated carbocycles. The average molecular weight is 286 g/mol. The van der Waals surface area contributed by atoms with Gasteiger partial charge in [-0.3, -0.25) is 9.59 Å². The third-order valence-electron chi connectivity index (χ3n) is 2.70. The Hall–Kier alpha value is -2.89. The Morgan fingerprint density at radius 2 is 1.76 bits per heavy atom. The molecule has 0 fully saturated rings. The van der Waals surface area contributed by atoms with E-state index in [0.717, 1.165) is 0 Å². The molecule has 0 unspecified atom stereocenters. The number of nitrogens with one attached hydrogen (secondary N) is 2. The Balaban J connectivity index is 2.06. The zero-order valence-electron chi connectivity index (χ0n) is 11.4. The summed E-state index contributed by atoms with van der Waals surface area (Å²) >= 11 is 0. The van der Waals surface area contributed by atoms with Gasteiger partial charge < -0.3 is 15.0 Å². The van der Waals surface area contributed by atoms with Crippen LogP contribution < -0.4 is 10.9 Å². The fourth-order valence-corrected chi connectivity index (χ4v) is 1.66. The predicted octanol–water partition coefficient (Wildman–Crippen LogP) is 1.80. The van der Waals surface area contributed by atoms with Crippen molar-refractivity contribution in [2.45, 2.75) is 6.92 Å². The number of ether oxygens (including phenoxy) is 1. The van der Waals surface area contributed by atoms with Gasteiger partial charge in [0, 0.05) is 18.0 Å². The Kier molecular flexibility index (Phi) is 4.50. The van der Waals surface area contributed by atoms with E-state index < -0.39 is 5.97 Å². The Bertz CT molecular complexity index is 684. The molecule has 2 aromatic rings. The van der Waals surface area contributed by atoms with Gasteiger partial charge in [-0.25, -0.2) is 4.79 Å². The number of esters is 1. The van der Waals surface area contributed by atoms with Crippen molar-refractivity contribution in [1.29, 1.82) is 0 Å². The predicted molar refractivity (Wildman–Crippen MR) is 77.4 cm³/mol. The van der Waals surface area contributed by atoms with E-state index >= 15 is 0 Å². The summed E-state index contributed by atoms with van der Waals surface area (Å²) in [5.41, 5.74) is 1.02. The van der Waals surface area contributed by atoms with Gasteiger partial charge in [0.05, 0.1) is 17.7 Å². The molecule has 6 nitrogen and oxygen atoms in total. The fraction of sp³-hybridized carbons (Fsp3) is 0.133. The third kappa shape index (κ3) is 3.79. The molecule has 21 heavy (non-hydrogen) atoms. The van der Waals surface area contributed by atoms with Crippen LogP contribution in [0.1, 0.15) is 27.6 Å². The molecule has 1 aromatic heterocycles. The number of benzene rings is 1. The van der Waals surface area contributed by atoms with Gasteiger partial charge in [0.1, 0.15) is 0 Å². The van der Waals surface area contributed by atoms with Crippen LogP contribution in [-0.2, 0) is 4.74 Å². The monoisotopic (exact) mass is 286 g/mol. The van der Waals surface area contributed by atoms with Gasteiger partial charge in [-0.15, -0.1) is 0 Å². The molecule has 0 aliphatic rings. The molecule has 0 atom stereocenters. The van der Waals surface area contributed by atoms with Crippen molar-refractivity contribution in [3.05, 3.63) is 64.1 Å². The molecule has 2 rings (SSSR count). The number of amides is 1. The molecular formula is C15H14N2O4. The number of carbonyl (C=O) groups is 2. The molecule has 6 heteroatoms. The maximum absolute atomic E-state index is 11.9. The van der Waals surface area contributed by atoms with Crippen molar-refractivity contribution in [2.75, 3.05) is 11.9 Å². The van der Waals surface area contributed by atoms with Gasteiger partial charge >= 0.3 is 5.97 Å². The molecule has 1 heterocycles. The van der Waals surface area contributed by atoms with Crippen LogP contribution in [0.25, 0.3) is 0 Å². The summed E-state index contributed by atoms with van der Waals surface area (Å²) in [6.07, 6.45) is 1.34. The number of aromatic nitrogens is 1. The fourth-order valence-electron chi connectivity index (χ4n) is 1.66. The molecule has 108 valence electrons. The Morgan fingerprint density at radius 1 is 1.10 bits per heavy atom. The summed E-state index contributed by atoms with van der Waals surface area (Å²) in [6.45, 7) is 2.04. The number of H-pyrrole nitrogens is 1. The maximum atomic E-state index is 11.9. The highest BCUT2D eigenvalue weighted by molar-refractivity contribution is 6.04. The summed E-state index contributed by atoms with van der Waals surface area (Å²) in [5.74, 6) is -0.758. The van der Waals surface area contributed by atoms with E-state index in [1.54, 1.807) is 31.2 Å². The second kappa shape index (κ2) is 6.51. The zero-order valence-corrected chi connectivity index (χ0v) is 11.4. The Morgan fingerprint density at radius 3 is 2.33 bits per heavy atom. The van der Waals surface area contributed by atoms with Crippen molar-refractivity contribution >= 4 is 17.6 Å². The average Bonchev–Trinajstić information content (AvgIpc) is 2.49. The normalized spacial score (nSPS) is 9.95. The van der Waals surface area contributed by atoms with Crippen LogP contribution in [0.5, 0.6) is 0 Å². The number of hydrogen-bond donors (Lipinski definition) is 2. The smallest absolute Gasteiger partial charge is 0.338 e. The van der Waals surface area contributed by atoms with E-state index in [9.17, 15) is 14.4 Å². The van der Waals surface area contributed by atoms with Gasteiger partial charge in [0.25, 0.3) is 5.91 Å². The minimum absolute atomic E-state index is 0.273. The van der Waals surface area contributed by atoms with Gasteiger partial charge in [0.2, 0.25) is 5.56 Å². The number of rotatable bonds is 4. The number of aromatic amines is 1. The molecule has 0 saturated heterocycles. The lowest BCUT2D eigenvalue weighted by Crippen LogP contribution is -2.14. The van der Waals surface area contributed by atoms with E-state index in [4.69, 9.17) is 4.74 Å². The molecule has 0 aliphatic heterocycles. The minimum Gasteiger partial charge on any atom is -0.462 e. The van der Waals surface area contributed by atoms with Crippen molar-refractivity contribution in [3.63, 3.8) is 0 Å².